The molecule has 90 valence electrons. The third-order valence-corrected chi connectivity index (χ3v) is 2.53. The number of hydrogen-bond donors (Lipinski definition) is 1. The maximum atomic E-state index is 5.83. The van der Waals surface area contributed by atoms with Gasteiger partial charge in [0.2, 0.25) is 11.8 Å². The summed E-state index contributed by atoms with van der Waals surface area (Å²) < 4.78 is 5.54. The maximum absolute atomic E-state index is 5.83. The summed E-state index contributed by atoms with van der Waals surface area (Å²) in [6.45, 7) is 5.69. The first kappa shape index (κ1) is 11.7. The molecule has 0 bridgehead atoms. The van der Waals surface area contributed by atoms with Gasteiger partial charge in [-0.2, -0.15) is 10.2 Å². The Labute approximate surface area is 99.3 Å². The second-order valence-electron chi connectivity index (χ2n) is 3.94. The van der Waals surface area contributed by atoms with Crippen molar-refractivity contribution in [3.8, 4) is 11.5 Å². The Bertz CT molecular complexity index is 522. The number of aryl methyl sites for hydroxylation is 2. The fraction of sp³-hybridized carbons (Fsp3) is 0.455. The Balaban J connectivity index is 2.40. The second kappa shape index (κ2) is 4.58. The van der Waals surface area contributed by atoms with Gasteiger partial charge in [0.1, 0.15) is 0 Å². The van der Waals surface area contributed by atoms with E-state index in [2.05, 4.69) is 20.4 Å². The molecule has 0 amide bonds. The maximum Gasteiger partial charge on any atom is 0.249 e. The molecule has 0 spiro atoms. The number of aromatic nitrogens is 4. The van der Waals surface area contributed by atoms with Gasteiger partial charge in [-0.15, -0.1) is 10.2 Å². The normalized spacial score (nSPS) is 12.7. The zero-order valence-electron chi connectivity index (χ0n) is 10.1. The minimum Gasteiger partial charge on any atom is -0.419 e. The third kappa shape index (κ3) is 2.31. The summed E-state index contributed by atoms with van der Waals surface area (Å²) in [5.74, 6) is 0.899. The molecule has 0 aromatic carbocycles. The van der Waals surface area contributed by atoms with Crippen molar-refractivity contribution in [1.29, 1.82) is 0 Å². The molecule has 0 radical (unpaired) electrons. The molecule has 0 saturated carbocycles. The van der Waals surface area contributed by atoms with Gasteiger partial charge in [-0.05, 0) is 26.3 Å². The smallest absolute Gasteiger partial charge is 0.249 e. The van der Waals surface area contributed by atoms with Gasteiger partial charge in [0.15, 0.2) is 0 Å². The summed E-state index contributed by atoms with van der Waals surface area (Å²) in [5.41, 5.74) is 8.20. The summed E-state index contributed by atoms with van der Waals surface area (Å²) in [6.07, 6.45) is 0.758. The van der Waals surface area contributed by atoms with Gasteiger partial charge >= 0.3 is 0 Å². The lowest BCUT2D eigenvalue weighted by Crippen LogP contribution is -2.08. The first-order valence-corrected chi connectivity index (χ1v) is 5.52. The first-order chi connectivity index (χ1) is 8.11. The van der Waals surface area contributed by atoms with E-state index in [1.54, 1.807) is 0 Å². The molecule has 17 heavy (non-hydrogen) atoms. The van der Waals surface area contributed by atoms with Crippen molar-refractivity contribution in [1.82, 2.24) is 20.4 Å². The third-order valence-electron chi connectivity index (χ3n) is 2.53. The molecular formula is C11H15N5O. The van der Waals surface area contributed by atoms with Crippen molar-refractivity contribution in [3.05, 3.63) is 23.3 Å². The van der Waals surface area contributed by atoms with Crippen LogP contribution in [0.5, 0.6) is 0 Å². The van der Waals surface area contributed by atoms with Crippen molar-refractivity contribution in [2.24, 2.45) is 5.73 Å². The van der Waals surface area contributed by atoms with E-state index in [4.69, 9.17) is 10.2 Å². The van der Waals surface area contributed by atoms with Gasteiger partial charge < -0.3 is 10.2 Å². The van der Waals surface area contributed by atoms with E-state index >= 15 is 0 Å². The lowest BCUT2D eigenvalue weighted by Gasteiger charge is -2.02. The predicted molar refractivity (Wildman–Crippen MR) is 62.0 cm³/mol. The van der Waals surface area contributed by atoms with Gasteiger partial charge in [0, 0.05) is 0 Å². The van der Waals surface area contributed by atoms with Crippen LogP contribution in [0.1, 0.15) is 36.7 Å². The van der Waals surface area contributed by atoms with Crippen LogP contribution < -0.4 is 5.73 Å². The molecule has 0 aliphatic heterocycles. The van der Waals surface area contributed by atoms with E-state index in [1.807, 2.05) is 26.8 Å². The van der Waals surface area contributed by atoms with Gasteiger partial charge in [0.05, 0.1) is 23.0 Å². The second-order valence-corrected chi connectivity index (χ2v) is 3.94. The zero-order chi connectivity index (χ0) is 12.4. The highest BCUT2D eigenvalue weighted by Gasteiger charge is 2.15. The van der Waals surface area contributed by atoms with Crippen LogP contribution >= 0.6 is 0 Å². The molecule has 0 saturated heterocycles. The molecule has 6 nitrogen and oxygen atoms in total. The average molecular weight is 233 g/mol. The molecule has 0 aliphatic rings. The van der Waals surface area contributed by atoms with Crippen LogP contribution in [0.2, 0.25) is 0 Å². The van der Waals surface area contributed by atoms with Gasteiger partial charge in [-0.25, -0.2) is 0 Å². The lowest BCUT2D eigenvalue weighted by atomic mass is 10.2. The van der Waals surface area contributed by atoms with E-state index < -0.39 is 0 Å². The number of nitrogens with two attached hydrogens (primary N) is 1. The predicted octanol–water partition coefficient (Wildman–Crippen LogP) is 1.55. The first-order valence-electron chi connectivity index (χ1n) is 5.52. The van der Waals surface area contributed by atoms with Crippen molar-refractivity contribution in [2.75, 3.05) is 0 Å². The topological polar surface area (TPSA) is 90.7 Å². The zero-order valence-corrected chi connectivity index (χ0v) is 10.1. The van der Waals surface area contributed by atoms with Gasteiger partial charge in [0.25, 0.3) is 0 Å². The molecule has 2 aromatic heterocycles. The highest BCUT2D eigenvalue weighted by molar-refractivity contribution is 5.55. The standard InChI is InChI=1S/C11H15N5O/c1-4-9(12)11-16-15-10(17-11)8-5-6(2)13-14-7(8)3/h5,9H,4,12H2,1-3H3. The van der Waals surface area contributed by atoms with Gasteiger partial charge in [-0.1, -0.05) is 6.92 Å². The molecular weight excluding hydrogens is 218 g/mol. The number of hydrogen-bond acceptors (Lipinski definition) is 6. The molecule has 2 N–H and O–H groups in total. The summed E-state index contributed by atoms with van der Waals surface area (Å²) in [4.78, 5) is 0. The Morgan fingerprint density at radius 2 is 2.00 bits per heavy atom. The molecule has 2 aromatic rings. The fourth-order valence-corrected chi connectivity index (χ4v) is 1.43. The van der Waals surface area contributed by atoms with Crippen molar-refractivity contribution in [3.63, 3.8) is 0 Å². The Morgan fingerprint density at radius 3 is 2.71 bits per heavy atom. The van der Waals surface area contributed by atoms with Crippen molar-refractivity contribution in [2.45, 2.75) is 33.2 Å². The Kier molecular flexibility index (Phi) is 3.14. The molecule has 1 atom stereocenters. The van der Waals surface area contributed by atoms with E-state index in [0.29, 0.717) is 11.8 Å². The van der Waals surface area contributed by atoms with Crippen LogP contribution in [0.4, 0.5) is 0 Å². The minimum atomic E-state index is -0.215. The molecule has 2 rings (SSSR count). The van der Waals surface area contributed by atoms with Crippen LogP contribution in [0.3, 0.4) is 0 Å². The van der Waals surface area contributed by atoms with Crippen molar-refractivity contribution >= 4 is 0 Å². The van der Waals surface area contributed by atoms with Crippen LogP contribution in [0.15, 0.2) is 10.5 Å². The molecule has 0 aliphatic carbocycles. The monoisotopic (exact) mass is 233 g/mol. The summed E-state index contributed by atoms with van der Waals surface area (Å²) in [5, 5.41) is 15.9. The SMILES string of the molecule is CCC(N)c1nnc(-c2cc(C)nnc2C)o1. The lowest BCUT2D eigenvalue weighted by molar-refractivity contribution is 0.452. The highest BCUT2D eigenvalue weighted by atomic mass is 16.4. The van der Waals surface area contributed by atoms with Crippen LogP contribution in [-0.2, 0) is 0 Å². The Morgan fingerprint density at radius 1 is 1.24 bits per heavy atom. The summed E-state index contributed by atoms with van der Waals surface area (Å²) in [6, 6.07) is 1.66. The fourth-order valence-electron chi connectivity index (χ4n) is 1.43. The average Bonchev–Trinajstić information content (AvgIpc) is 2.80. The van der Waals surface area contributed by atoms with Crippen LogP contribution in [0, 0.1) is 13.8 Å². The number of rotatable bonds is 3. The van der Waals surface area contributed by atoms with E-state index in [1.165, 1.54) is 0 Å². The summed E-state index contributed by atoms with van der Waals surface area (Å²) in [7, 11) is 0. The minimum absolute atomic E-state index is 0.215. The van der Waals surface area contributed by atoms with Crippen LogP contribution in [-0.4, -0.2) is 20.4 Å². The van der Waals surface area contributed by atoms with Crippen LogP contribution in [0.25, 0.3) is 11.5 Å². The van der Waals surface area contributed by atoms with E-state index in [-0.39, 0.29) is 6.04 Å². The quantitative estimate of drug-likeness (QED) is 0.864. The summed E-state index contributed by atoms with van der Waals surface area (Å²) >= 11 is 0. The molecule has 1 unspecified atom stereocenters. The largest absolute Gasteiger partial charge is 0.419 e. The molecule has 0 fully saturated rings. The Hall–Kier alpha value is -1.82. The molecule has 2 heterocycles. The van der Waals surface area contributed by atoms with Crippen molar-refractivity contribution < 1.29 is 4.42 Å². The van der Waals surface area contributed by atoms with Gasteiger partial charge in [-0.3, -0.25) is 0 Å². The van der Waals surface area contributed by atoms with E-state index in [0.717, 1.165) is 23.4 Å². The molecule has 6 heteroatoms. The number of nitrogens with zero attached hydrogens (tertiary/aromatic N) is 4. The highest BCUT2D eigenvalue weighted by Crippen LogP contribution is 2.23. The van der Waals surface area contributed by atoms with E-state index in [9.17, 15) is 0 Å².